The van der Waals surface area contributed by atoms with Crippen molar-refractivity contribution in [2.75, 3.05) is 39.5 Å². The van der Waals surface area contributed by atoms with Crippen LogP contribution < -0.4 is 10.6 Å². The van der Waals surface area contributed by atoms with E-state index < -0.39 is 5.41 Å². The number of hydrogen-bond acceptors (Lipinski definition) is 6. The van der Waals surface area contributed by atoms with Gasteiger partial charge < -0.3 is 24.6 Å². The third kappa shape index (κ3) is 5.53. The topological polar surface area (TPSA) is 85.6 Å². The Morgan fingerprint density at radius 1 is 1.52 bits per heavy atom. The van der Waals surface area contributed by atoms with Gasteiger partial charge in [0.1, 0.15) is 5.76 Å². The summed E-state index contributed by atoms with van der Waals surface area (Å²) >= 11 is 0. The summed E-state index contributed by atoms with van der Waals surface area (Å²) in [6.07, 6.45) is 4.45. The number of amides is 1. The number of nitrogens with one attached hydrogen (secondary N) is 2. The van der Waals surface area contributed by atoms with Crippen molar-refractivity contribution in [2.45, 2.75) is 58.0 Å². The summed E-state index contributed by atoms with van der Waals surface area (Å²) in [5.41, 5.74) is 0.479. The molecule has 0 saturated carbocycles. The summed E-state index contributed by atoms with van der Waals surface area (Å²) in [7, 11) is 0. The van der Waals surface area contributed by atoms with Crippen molar-refractivity contribution >= 4 is 5.91 Å². The molecule has 27 heavy (non-hydrogen) atoms. The quantitative estimate of drug-likeness (QED) is 0.639. The average Bonchev–Trinajstić information content (AvgIpc) is 3.33. The van der Waals surface area contributed by atoms with E-state index in [1.54, 1.807) is 0 Å². The highest BCUT2D eigenvalue weighted by molar-refractivity contribution is 5.83. The zero-order valence-corrected chi connectivity index (χ0v) is 16.6. The third-order valence-electron chi connectivity index (χ3n) is 5.45. The number of nitrogens with zero attached hydrogens (tertiary/aromatic N) is 1. The van der Waals surface area contributed by atoms with Crippen molar-refractivity contribution in [3.8, 4) is 0 Å². The highest BCUT2D eigenvalue weighted by Gasteiger charge is 2.40. The van der Waals surface area contributed by atoms with E-state index in [4.69, 9.17) is 14.0 Å². The molecule has 0 radical (unpaired) electrons. The summed E-state index contributed by atoms with van der Waals surface area (Å²) < 4.78 is 16.6. The maximum absolute atomic E-state index is 13.0. The predicted octanol–water partition coefficient (Wildman–Crippen LogP) is 2.02. The summed E-state index contributed by atoms with van der Waals surface area (Å²) in [6, 6.07) is 2.01. The van der Waals surface area contributed by atoms with Gasteiger partial charge in [-0.25, -0.2) is 0 Å². The molecule has 1 aromatic rings. The van der Waals surface area contributed by atoms with Crippen LogP contribution in [0.15, 0.2) is 10.6 Å². The fraction of sp³-hybridized carbons (Fsp3) is 0.800. The van der Waals surface area contributed by atoms with Crippen molar-refractivity contribution in [1.29, 1.82) is 0 Å². The van der Waals surface area contributed by atoms with E-state index in [1.807, 2.05) is 19.9 Å². The lowest BCUT2D eigenvalue weighted by Gasteiger charge is -2.35. The Balaban J connectivity index is 1.58. The van der Waals surface area contributed by atoms with Crippen molar-refractivity contribution in [2.24, 2.45) is 5.41 Å². The maximum Gasteiger partial charge on any atom is 0.227 e. The molecule has 0 bridgehead atoms. The first-order valence-electron chi connectivity index (χ1n) is 10.2. The summed E-state index contributed by atoms with van der Waals surface area (Å²) in [4.78, 5) is 13.0. The maximum atomic E-state index is 13.0. The number of piperidine rings is 1. The van der Waals surface area contributed by atoms with Gasteiger partial charge >= 0.3 is 0 Å². The molecule has 2 aliphatic rings. The van der Waals surface area contributed by atoms with E-state index in [9.17, 15) is 4.79 Å². The number of carbonyl (C=O) groups excluding carboxylic acids is 1. The Morgan fingerprint density at radius 3 is 3.11 bits per heavy atom. The van der Waals surface area contributed by atoms with E-state index in [-0.39, 0.29) is 12.0 Å². The lowest BCUT2D eigenvalue weighted by Crippen LogP contribution is -2.52. The first-order chi connectivity index (χ1) is 13.1. The van der Waals surface area contributed by atoms with E-state index in [1.165, 1.54) is 0 Å². The Bertz CT molecular complexity index is 590. The van der Waals surface area contributed by atoms with E-state index in [2.05, 4.69) is 15.8 Å². The molecular formula is C20H33N3O4. The van der Waals surface area contributed by atoms with Crippen LogP contribution in [0.4, 0.5) is 0 Å². The molecule has 7 nitrogen and oxygen atoms in total. The van der Waals surface area contributed by atoms with Crippen LogP contribution in [0.2, 0.25) is 0 Å². The molecule has 3 heterocycles. The van der Waals surface area contributed by atoms with Crippen LogP contribution in [0, 0.1) is 5.41 Å². The Labute approximate surface area is 161 Å². The number of aromatic nitrogens is 1. The van der Waals surface area contributed by atoms with Gasteiger partial charge in [0, 0.05) is 44.7 Å². The highest BCUT2D eigenvalue weighted by Crippen LogP contribution is 2.33. The second-order valence-corrected chi connectivity index (χ2v) is 8.05. The lowest BCUT2D eigenvalue weighted by molar-refractivity contribution is -0.132. The van der Waals surface area contributed by atoms with Crippen molar-refractivity contribution in [1.82, 2.24) is 15.8 Å². The van der Waals surface area contributed by atoms with Gasteiger partial charge in [-0.05, 0) is 46.1 Å². The van der Waals surface area contributed by atoms with Crippen LogP contribution >= 0.6 is 0 Å². The van der Waals surface area contributed by atoms with Crippen LogP contribution in [-0.2, 0) is 20.7 Å². The SMILES string of the molecule is CC(C)OCCCNC(=O)C1(Cc2cc(C3CCOC3)no2)CCCNC1. The minimum atomic E-state index is -0.472. The molecule has 0 aromatic carbocycles. The normalized spacial score (nSPS) is 25.8. The number of rotatable bonds is 9. The van der Waals surface area contributed by atoms with Gasteiger partial charge in [0.2, 0.25) is 5.91 Å². The summed E-state index contributed by atoms with van der Waals surface area (Å²) in [5, 5.41) is 10.7. The van der Waals surface area contributed by atoms with Crippen molar-refractivity contribution < 1.29 is 18.8 Å². The van der Waals surface area contributed by atoms with Gasteiger partial charge in [-0.15, -0.1) is 0 Å². The van der Waals surface area contributed by atoms with Gasteiger partial charge in [-0.1, -0.05) is 5.16 Å². The molecule has 1 aromatic heterocycles. The first kappa shape index (κ1) is 20.3. The third-order valence-corrected chi connectivity index (χ3v) is 5.45. The van der Waals surface area contributed by atoms with Gasteiger partial charge in [0.05, 0.1) is 23.8 Å². The molecule has 2 unspecified atom stereocenters. The van der Waals surface area contributed by atoms with E-state index in [0.29, 0.717) is 38.6 Å². The van der Waals surface area contributed by atoms with Gasteiger partial charge in [-0.2, -0.15) is 0 Å². The number of ether oxygens (including phenoxy) is 2. The predicted molar refractivity (Wildman–Crippen MR) is 102 cm³/mol. The first-order valence-corrected chi connectivity index (χ1v) is 10.2. The molecule has 2 aliphatic heterocycles. The van der Waals surface area contributed by atoms with Gasteiger partial charge in [0.15, 0.2) is 0 Å². The molecule has 2 N–H and O–H groups in total. The molecule has 1 amide bonds. The molecule has 7 heteroatoms. The number of carbonyl (C=O) groups is 1. The molecule has 0 aliphatic carbocycles. The van der Waals surface area contributed by atoms with Crippen LogP contribution in [0.5, 0.6) is 0 Å². The Kier molecular flexibility index (Phi) is 7.26. The summed E-state index contributed by atoms with van der Waals surface area (Å²) in [6.45, 7) is 8.45. The fourth-order valence-electron chi connectivity index (χ4n) is 3.88. The zero-order valence-electron chi connectivity index (χ0n) is 16.6. The fourth-order valence-corrected chi connectivity index (χ4v) is 3.88. The Morgan fingerprint density at radius 2 is 2.41 bits per heavy atom. The van der Waals surface area contributed by atoms with Crippen LogP contribution in [0.1, 0.15) is 56.9 Å². The van der Waals surface area contributed by atoms with E-state index in [0.717, 1.165) is 50.3 Å². The van der Waals surface area contributed by atoms with Crippen LogP contribution in [0.3, 0.4) is 0 Å². The molecule has 2 atom stereocenters. The number of hydrogen-bond donors (Lipinski definition) is 2. The molecule has 152 valence electrons. The van der Waals surface area contributed by atoms with Crippen molar-refractivity contribution in [3.63, 3.8) is 0 Å². The van der Waals surface area contributed by atoms with Crippen molar-refractivity contribution in [3.05, 3.63) is 17.5 Å². The van der Waals surface area contributed by atoms with Gasteiger partial charge in [-0.3, -0.25) is 4.79 Å². The minimum absolute atomic E-state index is 0.0985. The lowest BCUT2D eigenvalue weighted by atomic mass is 9.76. The smallest absolute Gasteiger partial charge is 0.227 e. The monoisotopic (exact) mass is 379 g/mol. The van der Waals surface area contributed by atoms with E-state index >= 15 is 0 Å². The molecule has 0 spiro atoms. The average molecular weight is 380 g/mol. The molecular weight excluding hydrogens is 346 g/mol. The molecule has 2 saturated heterocycles. The second-order valence-electron chi connectivity index (χ2n) is 8.05. The molecule has 2 fully saturated rings. The van der Waals surface area contributed by atoms with Crippen LogP contribution in [-0.4, -0.2) is 56.6 Å². The zero-order chi connectivity index (χ0) is 19.1. The van der Waals surface area contributed by atoms with Gasteiger partial charge in [0.25, 0.3) is 0 Å². The molecule has 3 rings (SSSR count). The standard InChI is InChI=1S/C20H33N3O4/c1-15(2)26-9-4-8-22-19(24)20(6-3-7-21-14-20)12-17-11-18(23-27-17)16-5-10-25-13-16/h11,15-16,21H,3-10,12-14H2,1-2H3,(H,22,24). The summed E-state index contributed by atoms with van der Waals surface area (Å²) in [5.74, 6) is 1.21. The Hall–Kier alpha value is -1.44. The largest absolute Gasteiger partial charge is 0.381 e. The second kappa shape index (κ2) is 9.66. The minimum Gasteiger partial charge on any atom is -0.381 e. The highest BCUT2D eigenvalue weighted by atomic mass is 16.5. The van der Waals surface area contributed by atoms with Crippen LogP contribution in [0.25, 0.3) is 0 Å².